The Morgan fingerprint density at radius 1 is 1.40 bits per heavy atom. The first-order chi connectivity index (χ1) is 9.45. The van der Waals surface area contributed by atoms with Gasteiger partial charge in [0, 0.05) is 19.5 Å². The maximum atomic E-state index is 6.37. The van der Waals surface area contributed by atoms with Gasteiger partial charge in [0.2, 0.25) is 0 Å². The van der Waals surface area contributed by atoms with Gasteiger partial charge in [-0.1, -0.05) is 36.9 Å². The average Bonchev–Trinajstić information content (AvgIpc) is 2.98. The molecule has 2 heterocycles. The molecule has 110 valence electrons. The number of rotatable bonds is 5. The third-order valence-electron chi connectivity index (χ3n) is 3.34. The molecule has 1 atom stereocenters. The Morgan fingerprint density at radius 3 is 2.65 bits per heavy atom. The number of hydrogen-bond acceptors (Lipinski definition) is 5. The molecule has 2 rings (SSSR count). The summed E-state index contributed by atoms with van der Waals surface area (Å²) in [5.41, 5.74) is 9.20. The molecule has 7 heteroatoms. The van der Waals surface area contributed by atoms with E-state index in [-0.39, 0.29) is 6.04 Å². The summed E-state index contributed by atoms with van der Waals surface area (Å²) < 4.78 is 5.85. The summed E-state index contributed by atoms with van der Waals surface area (Å²) in [4.78, 5) is 1.04. The molecule has 0 aliphatic rings. The van der Waals surface area contributed by atoms with Crippen LogP contribution in [0.25, 0.3) is 0 Å². The van der Waals surface area contributed by atoms with E-state index in [1.54, 1.807) is 0 Å². The van der Waals surface area contributed by atoms with Crippen LogP contribution in [0.1, 0.15) is 54.7 Å². The minimum absolute atomic E-state index is 0.148. The Hall–Kier alpha value is -0.980. The summed E-state index contributed by atoms with van der Waals surface area (Å²) in [7, 11) is 1.90. The Kier molecular flexibility index (Phi) is 4.78. The molecule has 0 aliphatic heterocycles. The largest absolute Gasteiger partial charge is 0.323 e. The Morgan fingerprint density at radius 2 is 2.10 bits per heavy atom. The van der Waals surface area contributed by atoms with Crippen LogP contribution in [0.15, 0.2) is 0 Å². The standard InChI is InChI=1S/C13H20ClN5S/c1-5-9-11(14)10(19(4)17-9)6-8(15)13-12(7(2)3)16-18-20-13/h7-8H,5-6,15H2,1-4H3. The highest BCUT2D eigenvalue weighted by Crippen LogP contribution is 2.30. The molecule has 0 spiro atoms. The third-order valence-corrected chi connectivity index (χ3v) is 4.65. The fourth-order valence-electron chi connectivity index (χ4n) is 2.20. The van der Waals surface area contributed by atoms with Crippen LogP contribution in [-0.2, 0) is 19.9 Å². The first-order valence-corrected chi connectivity index (χ1v) is 7.88. The van der Waals surface area contributed by atoms with E-state index < -0.39 is 0 Å². The fraction of sp³-hybridized carbons (Fsp3) is 0.615. The number of hydrogen-bond donors (Lipinski definition) is 1. The average molecular weight is 314 g/mol. The van der Waals surface area contributed by atoms with Gasteiger partial charge in [-0.15, -0.1) is 5.10 Å². The minimum Gasteiger partial charge on any atom is -0.323 e. The van der Waals surface area contributed by atoms with Crippen LogP contribution in [0.2, 0.25) is 5.02 Å². The van der Waals surface area contributed by atoms with Gasteiger partial charge in [0.05, 0.1) is 27.0 Å². The SMILES string of the molecule is CCc1nn(C)c(CC(N)c2snnc2C(C)C)c1Cl. The van der Waals surface area contributed by atoms with Crippen LogP contribution in [-0.4, -0.2) is 19.4 Å². The monoisotopic (exact) mass is 313 g/mol. The molecule has 0 bridgehead atoms. The second-order valence-corrected chi connectivity index (χ2v) is 6.34. The van der Waals surface area contributed by atoms with Crippen molar-refractivity contribution in [1.29, 1.82) is 0 Å². The van der Waals surface area contributed by atoms with E-state index in [1.165, 1.54) is 11.5 Å². The van der Waals surface area contributed by atoms with Crippen molar-refractivity contribution >= 4 is 23.1 Å². The zero-order valence-electron chi connectivity index (χ0n) is 12.2. The maximum Gasteiger partial charge on any atom is 0.0850 e. The molecule has 0 fully saturated rings. The zero-order valence-corrected chi connectivity index (χ0v) is 13.8. The highest BCUT2D eigenvalue weighted by Gasteiger charge is 2.22. The van der Waals surface area contributed by atoms with Gasteiger partial charge in [-0.05, 0) is 23.9 Å². The first-order valence-electron chi connectivity index (χ1n) is 6.73. The fourth-order valence-corrected chi connectivity index (χ4v) is 3.38. The number of aryl methyl sites for hydroxylation is 2. The van der Waals surface area contributed by atoms with Crippen LogP contribution in [0, 0.1) is 0 Å². The molecule has 5 nitrogen and oxygen atoms in total. The summed E-state index contributed by atoms with van der Waals surface area (Å²) in [6.07, 6.45) is 1.47. The number of nitrogens with zero attached hydrogens (tertiary/aromatic N) is 4. The van der Waals surface area contributed by atoms with Crippen LogP contribution >= 0.6 is 23.1 Å². The third kappa shape index (κ3) is 2.87. The van der Waals surface area contributed by atoms with Crippen molar-refractivity contribution in [2.75, 3.05) is 0 Å². The van der Waals surface area contributed by atoms with E-state index in [1.807, 2.05) is 18.7 Å². The van der Waals surface area contributed by atoms with Crippen molar-refractivity contribution in [3.8, 4) is 0 Å². The molecule has 1 unspecified atom stereocenters. The molecule has 0 aromatic carbocycles. The van der Waals surface area contributed by atoms with Gasteiger partial charge in [0.15, 0.2) is 0 Å². The van der Waals surface area contributed by atoms with E-state index in [0.29, 0.717) is 12.3 Å². The number of halogens is 1. The van der Waals surface area contributed by atoms with Crippen molar-refractivity contribution in [2.45, 2.75) is 45.6 Å². The Labute approximate surface area is 128 Å². The lowest BCUT2D eigenvalue weighted by atomic mass is 10.0. The maximum absolute atomic E-state index is 6.37. The van der Waals surface area contributed by atoms with Crippen molar-refractivity contribution < 1.29 is 0 Å². The smallest absolute Gasteiger partial charge is 0.0850 e. The molecule has 2 aromatic rings. The summed E-state index contributed by atoms with van der Waals surface area (Å²) in [6.45, 7) is 6.24. The zero-order chi connectivity index (χ0) is 14.9. The van der Waals surface area contributed by atoms with Crippen molar-refractivity contribution in [1.82, 2.24) is 19.4 Å². The normalized spacial score (nSPS) is 13.2. The molecule has 2 N–H and O–H groups in total. The van der Waals surface area contributed by atoms with E-state index in [4.69, 9.17) is 17.3 Å². The van der Waals surface area contributed by atoms with Crippen molar-refractivity contribution in [3.05, 3.63) is 27.0 Å². The summed E-state index contributed by atoms with van der Waals surface area (Å²) >= 11 is 7.74. The summed E-state index contributed by atoms with van der Waals surface area (Å²) in [5.74, 6) is 0.322. The van der Waals surface area contributed by atoms with Gasteiger partial charge in [-0.2, -0.15) is 5.10 Å². The van der Waals surface area contributed by atoms with E-state index in [9.17, 15) is 0 Å². The number of nitrogens with two attached hydrogens (primary N) is 1. The van der Waals surface area contributed by atoms with Gasteiger partial charge < -0.3 is 5.73 Å². The lowest BCUT2D eigenvalue weighted by Gasteiger charge is -2.12. The second kappa shape index (κ2) is 6.20. The highest BCUT2D eigenvalue weighted by atomic mass is 35.5. The van der Waals surface area contributed by atoms with Gasteiger partial charge >= 0.3 is 0 Å². The first kappa shape index (κ1) is 15.4. The Bertz CT molecular complexity index is 590. The van der Waals surface area contributed by atoms with E-state index in [2.05, 4.69) is 28.5 Å². The quantitative estimate of drug-likeness (QED) is 0.921. The molecule has 2 aromatic heterocycles. The predicted molar refractivity (Wildman–Crippen MR) is 82.2 cm³/mol. The molecule has 0 amide bonds. The molecule has 0 aliphatic carbocycles. The lowest BCUT2D eigenvalue weighted by Crippen LogP contribution is -2.16. The topological polar surface area (TPSA) is 69.6 Å². The summed E-state index contributed by atoms with van der Waals surface area (Å²) in [5, 5.41) is 9.33. The van der Waals surface area contributed by atoms with Crippen molar-refractivity contribution in [2.24, 2.45) is 12.8 Å². The van der Waals surface area contributed by atoms with Gasteiger partial charge in [-0.3, -0.25) is 4.68 Å². The molecule has 20 heavy (non-hydrogen) atoms. The molecule has 0 saturated heterocycles. The molecule has 0 saturated carbocycles. The minimum atomic E-state index is -0.148. The van der Waals surface area contributed by atoms with Gasteiger partial charge in [0.25, 0.3) is 0 Å². The van der Waals surface area contributed by atoms with E-state index in [0.717, 1.165) is 33.4 Å². The van der Waals surface area contributed by atoms with Crippen LogP contribution < -0.4 is 5.73 Å². The predicted octanol–water partition coefficient (Wildman–Crippen LogP) is 2.85. The molecular formula is C13H20ClN5S. The summed E-state index contributed by atoms with van der Waals surface area (Å²) in [6, 6.07) is -0.148. The van der Waals surface area contributed by atoms with Crippen LogP contribution in [0.4, 0.5) is 0 Å². The highest BCUT2D eigenvalue weighted by molar-refractivity contribution is 7.05. The van der Waals surface area contributed by atoms with Crippen LogP contribution in [0.5, 0.6) is 0 Å². The molecule has 0 radical (unpaired) electrons. The Balaban J connectivity index is 2.26. The van der Waals surface area contributed by atoms with Gasteiger partial charge in [-0.25, -0.2) is 0 Å². The lowest BCUT2D eigenvalue weighted by molar-refractivity contribution is 0.634. The van der Waals surface area contributed by atoms with Gasteiger partial charge in [0.1, 0.15) is 0 Å². The second-order valence-electron chi connectivity index (χ2n) is 5.17. The van der Waals surface area contributed by atoms with E-state index >= 15 is 0 Å². The number of aromatic nitrogens is 4. The van der Waals surface area contributed by atoms with Crippen LogP contribution in [0.3, 0.4) is 0 Å². The van der Waals surface area contributed by atoms with Crippen molar-refractivity contribution in [3.63, 3.8) is 0 Å². The molecular weight excluding hydrogens is 294 g/mol.